The first kappa shape index (κ1) is 51.2. The fourth-order valence-electron chi connectivity index (χ4n) is 5.68. The van der Waals surface area contributed by atoms with Crippen LogP contribution in [-0.4, -0.2) is 82.0 Å². The average Bonchev–Trinajstić information content (AvgIpc) is 3.35. The monoisotopic (exact) mass is 948 g/mol. The van der Waals surface area contributed by atoms with Crippen LogP contribution in [0.3, 0.4) is 0 Å². The molecule has 0 radical (unpaired) electrons. The summed E-state index contributed by atoms with van der Waals surface area (Å²) in [6.45, 7) is 4.21. The molecule has 0 bridgehead atoms. The second-order valence-corrected chi connectivity index (χ2v) is 14.1. The molecule has 6 N–H and O–H groups in total. The van der Waals surface area contributed by atoms with Gasteiger partial charge in [-0.25, -0.2) is 0 Å². The minimum atomic E-state index is -1.04. The highest BCUT2D eigenvalue weighted by atomic mass is 16.5. The Hall–Kier alpha value is -9.82. The molecular weight excluding hydrogens is 905 g/mol. The van der Waals surface area contributed by atoms with Gasteiger partial charge >= 0.3 is 11.9 Å². The lowest BCUT2D eigenvalue weighted by molar-refractivity contribution is -0.137. The van der Waals surface area contributed by atoms with Crippen LogP contribution in [0.2, 0.25) is 0 Å². The first-order chi connectivity index (χ1) is 33.8. The van der Waals surface area contributed by atoms with Gasteiger partial charge in [-0.15, -0.1) is 0 Å². The van der Waals surface area contributed by atoms with Gasteiger partial charge in [-0.05, 0) is 123 Å². The van der Waals surface area contributed by atoms with Crippen molar-refractivity contribution in [3.05, 3.63) is 155 Å². The van der Waals surface area contributed by atoms with E-state index in [1.54, 1.807) is 111 Å². The molecule has 2 amide bonds. The van der Waals surface area contributed by atoms with Crippen LogP contribution in [0.4, 0.5) is 0 Å². The van der Waals surface area contributed by atoms with E-state index in [9.17, 15) is 19.2 Å². The number of hydrogen-bond donors (Lipinski definition) is 6. The minimum Gasteiger partial charge on any atom is -0.481 e. The molecule has 0 saturated heterocycles. The van der Waals surface area contributed by atoms with E-state index in [4.69, 9.17) is 60.0 Å². The Morgan fingerprint density at radius 2 is 0.843 bits per heavy atom. The maximum Gasteiger partial charge on any atom is 0.305 e. The van der Waals surface area contributed by atoms with Crippen molar-refractivity contribution in [2.45, 2.75) is 26.7 Å². The Balaban J connectivity index is 0.000000265. The number of amides is 2. The molecule has 20 heteroatoms. The smallest absolute Gasteiger partial charge is 0.305 e. The van der Waals surface area contributed by atoms with E-state index >= 15 is 0 Å². The molecule has 4 aromatic carbocycles. The number of pyridine rings is 2. The zero-order chi connectivity index (χ0) is 50.4. The van der Waals surface area contributed by atoms with Crippen LogP contribution in [0.15, 0.2) is 121 Å². The van der Waals surface area contributed by atoms with Gasteiger partial charge in [0.15, 0.2) is 0 Å². The number of carboxylic acid groups (broad SMARTS) is 2. The van der Waals surface area contributed by atoms with Crippen LogP contribution in [0.1, 0.15) is 69.7 Å². The second-order valence-electron chi connectivity index (χ2n) is 14.1. The van der Waals surface area contributed by atoms with Gasteiger partial charge in [-0.2, -0.15) is 20.5 Å². The van der Waals surface area contributed by atoms with Gasteiger partial charge < -0.3 is 49.3 Å². The lowest BCUT2D eigenvalue weighted by Crippen LogP contribution is -2.26. The van der Waals surface area contributed by atoms with Crippen molar-refractivity contribution >= 4 is 35.5 Å². The number of carboxylic acids is 2. The zero-order valence-corrected chi connectivity index (χ0v) is 37.6. The summed E-state index contributed by atoms with van der Waals surface area (Å²) in [5, 5.41) is 56.2. The molecule has 6 aromatic rings. The summed E-state index contributed by atoms with van der Waals surface area (Å²) in [5.74, 6) is -1.41. The Morgan fingerprint density at radius 3 is 1.16 bits per heavy atom. The summed E-state index contributed by atoms with van der Waals surface area (Å²) >= 11 is 0. The van der Waals surface area contributed by atoms with E-state index in [1.165, 1.54) is 24.3 Å². The van der Waals surface area contributed by atoms with E-state index in [0.29, 0.717) is 58.5 Å². The fourth-order valence-corrected chi connectivity index (χ4v) is 5.68. The molecule has 0 aliphatic heterocycles. The highest BCUT2D eigenvalue weighted by molar-refractivity contribution is 5.97. The van der Waals surface area contributed by atoms with Crippen LogP contribution < -0.4 is 29.6 Å². The number of rotatable bonds is 20. The van der Waals surface area contributed by atoms with Crippen molar-refractivity contribution in [3.63, 3.8) is 0 Å². The van der Waals surface area contributed by atoms with Crippen molar-refractivity contribution in [1.82, 2.24) is 20.6 Å². The van der Waals surface area contributed by atoms with Crippen LogP contribution in [0.25, 0.3) is 0 Å². The molecule has 0 aliphatic rings. The molecule has 0 atom stereocenters. The summed E-state index contributed by atoms with van der Waals surface area (Å²) < 4.78 is 33.5. The van der Waals surface area contributed by atoms with Crippen LogP contribution >= 0.6 is 0 Å². The maximum atomic E-state index is 12.7. The molecule has 0 spiro atoms. The summed E-state index contributed by atoms with van der Waals surface area (Å²) in [6, 6.07) is 35.7. The summed E-state index contributed by atoms with van der Waals surface area (Å²) in [4.78, 5) is 55.4. The molecule has 0 fully saturated rings. The molecule has 2 aromatic heterocycles. The predicted molar refractivity (Wildman–Crippen MR) is 250 cm³/mol. The van der Waals surface area contributed by atoms with Crippen molar-refractivity contribution in [2.24, 2.45) is 0 Å². The number of nitriles is 2. The lowest BCUT2D eigenvalue weighted by Gasteiger charge is -2.13. The standard InChI is InChI=1S/C27H28N4O7.C23H16N4O5/c1-3-35-24(28)17-5-9-19(10-6-17)37-22-14-13-21(26(34)30-16-15-23(32)33)27(31-22)38-20-11-7-18(8-12-20)25(29)36-4-2;24-13-15-1-5-17(6-2-15)31-20-10-9-19(22(30)26-12-11-21(28)29)23(27-20)32-18-7-3-16(14-25)4-8-18/h5-14,28-29H,3-4,15-16H2,1-2H3,(H,30,34)(H,32,33);1-10H,11-12H2,(H,26,30)(H,28,29). The van der Waals surface area contributed by atoms with Gasteiger partial charge in [0.25, 0.3) is 11.8 Å². The first-order valence-electron chi connectivity index (χ1n) is 21.2. The summed E-state index contributed by atoms with van der Waals surface area (Å²) in [6.07, 6.45) is -0.467. The third kappa shape index (κ3) is 15.7. The number of aliphatic carboxylic acids is 2. The largest absolute Gasteiger partial charge is 0.481 e. The SMILES string of the molecule is CCOC(=N)c1ccc(Oc2ccc(C(=O)NCCC(=O)O)c(Oc3ccc(C(=N)OCC)cc3)n2)cc1.N#Cc1ccc(Oc2ccc(C(=O)NCCC(=O)O)c(Oc3ccc(C#N)cc3)n2)cc1. The summed E-state index contributed by atoms with van der Waals surface area (Å²) in [5.41, 5.74) is 2.21. The number of carbonyl (C=O) groups excluding carboxylic acids is 2. The molecule has 70 heavy (non-hydrogen) atoms. The van der Waals surface area contributed by atoms with Gasteiger partial charge in [0, 0.05) is 36.3 Å². The minimum absolute atomic E-state index is 0.0217. The zero-order valence-electron chi connectivity index (χ0n) is 37.6. The normalized spacial score (nSPS) is 10.1. The topological polar surface area (TPSA) is 309 Å². The second kappa shape index (κ2) is 25.8. The van der Waals surface area contributed by atoms with E-state index in [2.05, 4.69) is 20.6 Å². The van der Waals surface area contributed by atoms with E-state index in [-0.39, 0.29) is 72.4 Å². The number of carbonyl (C=O) groups is 4. The third-order valence-corrected chi connectivity index (χ3v) is 9.06. The fraction of sp³-hybridized carbons (Fsp3) is 0.160. The molecule has 0 saturated carbocycles. The van der Waals surface area contributed by atoms with Crippen molar-refractivity contribution in [3.8, 4) is 58.7 Å². The lowest BCUT2D eigenvalue weighted by atomic mass is 10.2. The number of ether oxygens (including phenoxy) is 6. The quantitative estimate of drug-likeness (QED) is 0.0310. The highest BCUT2D eigenvalue weighted by Crippen LogP contribution is 2.31. The van der Waals surface area contributed by atoms with E-state index in [0.717, 1.165) is 0 Å². The first-order valence-corrected chi connectivity index (χ1v) is 21.2. The molecular formula is C50H44N8O12. The molecule has 0 aliphatic carbocycles. The molecule has 20 nitrogen and oxygen atoms in total. The number of aromatic nitrogens is 2. The third-order valence-electron chi connectivity index (χ3n) is 9.06. The predicted octanol–water partition coefficient (Wildman–Crippen LogP) is 8.21. The van der Waals surface area contributed by atoms with Crippen molar-refractivity contribution < 1.29 is 57.8 Å². The molecule has 6 rings (SSSR count). The Bertz CT molecular complexity index is 2900. The van der Waals surface area contributed by atoms with Crippen LogP contribution in [0, 0.1) is 33.5 Å². The number of nitrogens with zero attached hydrogens (tertiary/aromatic N) is 4. The van der Waals surface area contributed by atoms with Gasteiger partial charge in [0.05, 0.1) is 49.3 Å². The van der Waals surface area contributed by atoms with Gasteiger partial charge in [-0.3, -0.25) is 30.0 Å². The van der Waals surface area contributed by atoms with Gasteiger partial charge in [-0.1, -0.05) is 0 Å². The Labute approximate surface area is 400 Å². The van der Waals surface area contributed by atoms with Crippen molar-refractivity contribution in [2.75, 3.05) is 26.3 Å². The number of benzene rings is 4. The Kier molecular flexibility index (Phi) is 18.8. The maximum absolute atomic E-state index is 12.7. The number of nitrogens with one attached hydrogen (secondary N) is 4. The highest BCUT2D eigenvalue weighted by Gasteiger charge is 2.19. The molecule has 0 unspecified atom stereocenters. The van der Waals surface area contributed by atoms with E-state index < -0.39 is 23.8 Å². The van der Waals surface area contributed by atoms with Gasteiger partial charge in [0.2, 0.25) is 35.3 Å². The average molecular weight is 949 g/mol. The number of hydrogen-bond acceptors (Lipinski definition) is 16. The van der Waals surface area contributed by atoms with E-state index in [1.807, 2.05) is 12.1 Å². The summed E-state index contributed by atoms with van der Waals surface area (Å²) in [7, 11) is 0. The molecule has 2 heterocycles. The van der Waals surface area contributed by atoms with Gasteiger partial charge in [0.1, 0.15) is 34.1 Å². The van der Waals surface area contributed by atoms with Crippen LogP contribution in [0.5, 0.6) is 46.5 Å². The van der Waals surface area contributed by atoms with Crippen LogP contribution in [-0.2, 0) is 19.1 Å². The molecule has 356 valence electrons. The Morgan fingerprint density at radius 1 is 0.514 bits per heavy atom. The van der Waals surface area contributed by atoms with Crippen molar-refractivity contribution in [1.29, 1.82) is 21.3 Å².